The SMILES string of the molecule is CCCCN(CCCC)CCNC(CC)CC. The second-order valence-corrected chi connectivity index (χ2v) is 5.02. The van der Waals surface area contributed by atoms with Crippen molar-refractivity contribution in [1.82, 2.24) is 10.2 Å². The first-order chi connectivity index (χ1) is 8.28. The van der Waals surface area contributed by atoms with Crippen molar-refractivity contribution in [3.8, 4) is 0 Å². The lowest BCUT2D eigenvalue weighted by Gasteiger charge is -2.23. The minimum atomic E-state index is 0.717. The van der Waals surface area contributed by atoms with E-state index in [9.17, 15) is 0 Å². The van der Waals surface area contributed by atoms with Crippen molar-refractivity contribution < 1.29 is 0 Å². The maximum atomic E-state index is 3.66. The number of hydrogen-bond acceptors (Lipinski definition) is 2. The molecule has 0 rings (SSSR count). The third-order valence-corrected chi connectivity index (χ3v) is 3.50. The van der Waals surface area contributed by atoms with Crippen molar-refractivity contribution in [3.05, 3.63) is 0 Å². The molecule has 0 aliphatic rings. The van der Waals surface area contributed by atoms with Crippen LogP contribution in [0, 0.1) is 0 Å². The van der Waals surface area contributed by atoms with Crippen LogP contribution in [0.2, 0.25) is 0 Å². The highest BCUT2D eigenvalue weighted by Gasteiger charge is 2.05. The first kappa shape index (κ1) is 16.9. The molecular weight excluding hydrogens is 208 g/mol. The van der Waals surface area contributed by atoms with E-state index in [2.05, 4.69) is 37.9 Å². The molecule has 1 N–H and O–H groups in total. The zero-order valence-electron chi connectivity index (χ0n) is 12.6. The Kier molecular flexibility index (Phi) is 12.3. The van der Waals surface area contributed by atoms with E-state index in [4.69, 9.17) is 0 Å². The highest BCUT2D eigenvalue weighted by atomic mass is 15.1. The third-order valence-electron chi connectivity index (χ3n) is 3.50. The van der Waals surface area contributed by atoms with Crippen LogP contribution in [0.5, 0.6) is 0 Å². The first-order valence-corrected chi connectivity index (χ1v) is 7.74. The number of rotatable bonds is 12. The molecule has 104 valence electrons. The lowest BCUT2D eigenvalue weighted by Crippen LogP contribution is -2.37. The van der Waals surface area contributed by atoms with Crippen molar-refractivity contribution in [2.24, 2.45) is 0 Å². The molecule has 0 aromatic rings. The summed E-state index contributed by atoms with van der Waals surface area (Å²) in [5.41, 5.74) is 0. The number of unbranched alkanes of at least 4 members (excludes halogenated alkanes) is 2. The van der Waals surface area contributed by atoms with E-state index in [-0.39, 0.29) is 0 Å². The van der Waals surface area contributed by atoms with Crippen molar-refractivity contribution in [3.63, 3.8) is 0 Å². The summed E-state index contributed by atoms with van der Waals surface area (Å²) in [6.45, 7) is 14.0. The molecule has 0 saturated heterocycles. The fourth-order valence-corrected chi connectivity index (χ4v) is 2.10. The van der Waals surface area contributed by atoms with Crippen LogP contribution in [0.25, 0.3) is 0 Å². The molecule has 17 heavy (non-hydrogen) atoms. The van der Waals surface area contributed by atoms with Gasteiger partial charge in [0.25, 0.3) is 0 Å². The Morgan fingerprint density at radius 2 is 1.35 bits per heavy atom. The van der Waals surface area contributed by atoms with E-state index in [1.165, 1.54) is 58.2 Å². The largest absolute Gasteiger partial charge is 0.313 e. The van der Waals surface area contributed by atoms with Gasteiger partial charge in [-0.1, -0.05) is 40.5 Å². The fourth-order valence-electron chi connectivity index (χ4n) is 2.10. The lowest BCUT2D eigenvalue weighted by atomic mass is 10.2. The molecule has 0 spiro atoms. The monoisotopic (exact) mass is 242 g/mol. The van der Waals surface area contributed by atoms with Crippen LogP contribution >= 0.6 is 0 Å². The molecule has 0 radical (unpaired) electrons. The van der Waals surface area contributed by atoms with Gasteiger partial charge in [0.15, 0.2) is 0 Å². The van der Waals surface area contributed by atoms with Crippen LogP contribution in [0.4, 0.5) is 0 Å². The summed E-state index contributed by atoms with van der Waals surface area (Å²) in [5.74, 6) is 0. The molecule has 0 heterocycles. The maximum absolute atomic E-state index is 3.66. The summed E-state index contributed by atoms with van der Waals surface area (Å²) in [6, 6.07) is 0.717. The predicted octanol–water partition coefficient (Wildman–Crippen LogP) is 3.67. The summed E-state index contributed by atoms with van der Waals surface area (Å²) in [5, 5.41) is 3.66. The number of nitrogens with zero attached hydrogens (tertiary/aromatic N) is 1. The zero-order chi connectivity index (χ0) is 12.9. The van der Waals surface area contributed by atoms with Gasteiger partial charge in [0.2, 0.25) is 0 Å². The number of hydrogen-bond donors (Lipinski definition) is 1. The van der Waals surface area contributed by atoms with Crippen molar-refractivity contribution in [2.45, 2.75) is 72.3 Å². The minimum Gasteiger partial charge on any atom is -0.313 e. The van der Waals surface area contributed by atoms with Crippen molar-refractivity contribution >= 4 is 0 Å². The topological polar surface area (TPSA) is 15.3 Å². The molecular formula is C15H34N2. The number of nitrogens with one attached hydrogen (secondary N) is 1. The molecule has 0 aromatic heterocycles. The van der Waals surface area contributed by atoms with Gasteiger partial charge in [-0.15, -0.1) is 0 Å². The van der Waals surface area contributed by atoms with Crippen LogP contribution in [-0.4, -0.2) is 37.1 Å². The maximum Gasteiger partial charge on any atom is 0.0107 e. The average Bonchev–Trinajstić information content (AvgIpc) is 2.37. The summed E-state index contributed by atoms with van der Waals surface area (Å²) in [7, 11) is 0. The van der Waals surface area contributed by atoms with E-state index in [0.29, 0.717) is 6.04 Å². The Bertz CT molecular complexity index is 136. The Hall–Kier alpha value is -0.0800. The third kappa shape index (κ3) is 9.61. The summed E-state index contributed by atoms with van der Waals surface area (Å²) < 4.78 is 0. The molecule has 0 aliphatic carbocycles. The molecule has 0 saturated carbocycles. The van der Waals surface area contributed by atoms with Crippen molar-refractivity contribution in [2.75, 3.05) is 26.2 Å². The molecule has 2 heteroatoms. The highest BCUT2D eigenvalue weighted by Crippen LogP contribution is 2.00. The van der Waals surface area contributed by atoms with Gasteiger partial charge in [-0.25, -0.2) is 0 Å². The highest BCUT2D eigenvalue weighted by molar-refractivity contribution is 4.65. The van der Waals surface area contributed by atoms with E-state index in [1.807, 2.05) is 0 Å². The summed E-state index contributed by atoms with van der Waals surface area (Å²) in [4.78, 5) is 2.63. The smallest absolute Gasteiger partial charge is 0.0107 e. The standard InChI is InChI=1S/C15H34N2/c1-5-9-12-17(13-10-6-2)14-11-16-15(7-3)8-4/h15-16H,5-14H2,1-4H3. The van der Waals surface area contributed by atoms with Crippen LogP contribution in [0.15, 0.2) is 0 Å². The molecule has 0 fully saturated rings. The summed E-state index contributed by atoms with van der Waals surface area (Å²) >= 11 is 0. The second-order valence-electron chi connectivity index (χ2n) is 5.02. The van der Waals surface area contributed by atoms with Gasteiger partial charge in [0, 0.05) is 19.1 Å². The van der Waals surface area contributed by atoms with E-state index in [1.54, 1.807) is 0 Å². The predicted molar refractivity (Wildman–Crippen MR) is 78.6 cm³/mol. The zero-order valence-corrected chi connectivity index (χ0v) is 12.6. The molecule has 0 atom stereocenters. The van der Waals surface area contributed by atoms with Crippen LogP contribution < -0.4 is 5.32 Å². The molecule has 2 nitrogen and oxygen atoms in total. The molecule has 0 bridgehead atoms. The van der Waals surface area contributed by atoms with Gasteiger partial charge < -0.3 is 10.2 Å². The van der Waals surface area contributed by atoms with Crippen LogP contribution in [-0.2, 0) is 0 Å². The minimum absolute atomic E-state index is 0.717. The Morgan fingerprint density at radius 3 is 1.76 bits per heavy atom. The molecule has 0 unspecified atom stereocenters. The fraction of sp³-hybridized carbons (Fsp3) is 1.00. The van der Waals surface area contributed by atoms with Gasteiger partial charge >= 0.3 is 0 Å². The van der Waals surface area contributed by atoms with Gasteiger partial charge in [-0.2, -0.15) is 0 Å². The average molecular weight is 242 g/mol. The first-order valence-electron chi connectivity index (χ1n) is 7.74. The normalized spacial score (nSPS) is 11.6. The van der Waals surface area contributed by atoms with E-state index in [0.717, 1.165) is 6.54 Å². The van der Waals surface area contributed by atoms with Crippen LogP contribution in [0.1, 0.15) is 66.2 Å². The second kappa shape index (κ2) is 12.4. The van der Waals surface area contributed by atoms with E-state index >= 15 is 0 Å². The summed E-state index contributed by atoms with van der Waals surface area (Å²) in [6.07, 6.45) is 7.80. The molecule has 0 aromatic carbocycles. The molecule has 0 aliphatic heterocycles. The quantitative estimate of drug-likeness (QED) is 0.562. The van der Waals surface area contributed by atoms with Gasteiger partial charge in [0.05, 0.1) is 0 Å². The van der Waals surface area contributed by atoms with Gasteiger partial charge in [0.1, 0.15) is 0 Å². The van der Waals surface area contributed by atoms with Gasteiger partial charge in [-0.3, -0.25) is 0 Å². The Balaban J connectivity index is 3.72. The molecule has 0 amide bonds. The van der Waals surface area contributed by atoms with Crippen LogP contribution in [0.3, 0.4) is 0 Å². The Labute approximate surface area is 109 Å². The van der Waals surface area contributed by atoms with Crippen molar-refractivity contribution in [1.29, 1.82) is 0 Å². The van der Waals surface area contributed by atoms with Gasteiger partial charge in [-0.05, 0) is 38.8 Å². The Morgan fingerprint density at radius 1 is 0.824 bits per heavy atom. The lowest BCUT2D eigenvalue weighted by molar-refractivity contribution is 0.259. The van der Waals surface area contributed by atoms with E-state index < -0.39 is 0 Å².